The fraction of sp³-hybridized carbons (Fsp3) is 1.00. The Morgan fingerprint density at radius 2 is 1.81 bits per heavy atom. The Morgan fingerprint density at radius 1 is 1.25 bits per heavy atom. The molecular formula is C11H21F3N2. The van der Waals surface area contributed by atoms with Crippen molar-refractivity contribution >= 4 is 0 Å². The molecule has 0 aromatic rings. The number of nitrogens with zero attached hydrogens (tertiary/aromatic N) is 1. The summed E-state index contributed by atoms with van der Waals surface area (Å²) in [7, 11) is 0. The molecule has 0 bridgehead atoms. The zero-order chi connectivity index (χ0) is 12.3. The van der Waals surface area contributed by atoms with Crippen molar-refractivity contribution in [3.8, 4) is 0 Å². The monoisotopic (exact) mass is 238 g/mol. The maximum absolute atomic E-state index is 12.4. The van der Waals surface area contributed by atoms with Gasteiger partial charge in [-0.2, -0.15) is 13.2 Å². The van der Waals surface area contributed by atoms with Gasteiger partial charge in [0.05, 0.1) is 6.54 Å². The van der Waals surface area contributed by atoms with Crippen molar-refractivity contribution in [2.75, 3.05) is 13.1 Å². The largest absolute Gasteiger partial charge is 0.401 e. The lowest BCUT2D eigenvalue weighted by Crippen LogP contribution is -2.48. The Hall–Kier alpha value is -0.290. The normalized spacial score (nSPS) is 19.5. The number of hydrogen-bond donors (Lipinski definition) is 1. The van der Waals surface area contributed by atoms with E-state index in [4.69, 9.17) is 0 Å². The molecule has 1 aliphatic rings. The summed E-state index contributed by atoms with van der Waals surface area (Å²) in [5.74, 6) is 0. The van der Waals surface area contributed by atoms with Gasteiger partial charge in [-0.25, -0.2) is 0 Å². The molecule has 0 aromatic heterocycles. The highest BCUT2D eigenvalue weighted by Gasteiger charge is 2.34. The zero-order valence-electron chi connectivity index (χ0n) is 10.1. The van der Waals surface area contributed by atoms with E-state index in [1.807, 2.05) is 6.92 Å². The summed E-state index contributed by atoms with van der Waals surface area (Å²) < 4.78 is 37.1. The molecule has 5 heteroatoms. The van der Waals surface area contributed by atoms with E-state index in [-0.39, 0.29) is 12.1 Å². The minimum atomic E-state index is -4.11. The van der Waals surface area contributed by atoms with E-state index in [0.717, 1.165) is 12.8 Å². The van der Waals surface area contributed by atoms with E-state index in [0.29, 0.717) is 12.6 Å². The molecule has 0 aliphatic heterocycles. The van der Waals surface area contributed by atoms with Crippen molar-refractivity contribution in [1.82, 2.24) is 10.2 Å². The molecule has 1 unspecified atom stereocenters. The second-order valence-electron chi connectivity index (χ2n) is 4.91. The van der Waals surface area contributed by atoms with Gasteiger partial charge in [0.1, 0.15) is 0 Å². The summed E-state index contributed by atoms with van der Waals surface area (Å²) >= 11 is 0. The van der Waals surface area contributed by atoms with Crippen molar-refractivity contribution in [3.05, 3.63) is 0 Å². The molecule has 0 saturated heterocycles. The molecule has 2 nitrogen and oxygen atoms in total. The summed E-state index contributed by atoms with van der Waals surface area (Å²) in [6, 6.07) is 0.377. The van der Waals surface area contributed by atoms with Crippen LogP contribution in [0.2, 0.25) is 0 Å². The van der Waals surface area contributed by atoms with Gasteiger partial charge in [-0.15, -0.1) is 0 Å². The zero-order valence-corrected chi connectivity index (χ0v) is 10.1. The summed E-state index contributed by atoms with van der Waals surface area (Å²) in [5.41, 5.74) is 0. The van der Waals surface area contributed by atoms with E-state index >= 15 is 0 Å². The maximum atomic E-state index is 12.4. The second kappa shape index (κ2) is 5.36. The van der Waals surface area contributed by atoms with E-state index in [2.05, 4.69) is 5.32 Å². The standard InChI is InChI=1S/C11H21F3N2/c1-8(2)16(7-11(12,13)14)9(3)6-15-10-4-5-10/h8-10,15H,4-7H2,1-3H3. The van der Waals surface area contributed by atoms with Gasteiger partial charge in [-0.3, -0.25) is 4.90 Å². The Labute approximate surface area is 95.2 Å². The molecule has 0 aromatic carbocycles. The van der Waals surface area contributed by atoms with E-state index < -0.39 is 12.7 Å². The highest BCUT2D eigenvalue weighted by Crippen LogP contribution is 2.21. The minimum Gasteiger partial charge on any atom is -0.312 e. The molecule has 1 N–H and O–H groups in total. The summed E-state index contributed by atoms with van der Waals surface area (Å²) in [4.78, 5) is 1.50. The van der Waals surface area contributed by atoms with Crippen LogP contribution < -0.4 is 5.32 Å². The number of halogens is 3. The Kier molecular flexibility index (Phi) is 4.62. The van der Waals surface area contributed by atoms with Gasteiger partial charge in [0.2, 0.25) is 0 Å². The third kappa shape index (κ3) is 5.16. The first-order valence-corrected chi connectivity index (χ1v) is 5.85. The van der Waals surface area contributed by atoms with Crippen LogP contribution in [0, 0.1) is 0 Å². The van der Waals surface area contributed by atoms with Crippen LogP contribution in [0.4, 0.5) is 13.2 Å². The van der Waals surface area contributed by atoms with Crippen LogP contribution in [0.5, 0.6) is 0 Å². The number of rotatable bonds is 6. The molecule has 1 aliphatic carbocycles. The van der Waals surface area contributed by atoms with Crippen molar-refractivity contribution in [2.45, 2.75) is 57.9 Å². The van der Waals surface area contributed by atoms with Crippen LogP contribution in [0.25, 0.3) is 0 Å². The molecular weight excluding hydrogens is 217 g/mol. The smallest absolute Gasteiger partial charge is 0.312 e. The molecule has 0 spiro atoms. The summed E-state index contributed by atoms with van der Waals surface area (Å²) in [6.45, 7) is 5.27. The molecule has 1 fully saturated rings. The Bertz CT molecular complexity index is 212. The van der Waals surface area contributed by atoms with Crippen molar-refractivity contribution in [1.29, 1.82) is 0 Å². The average Bonchev–Trinajstić information content (AvgIpc) is 2.92. The van der Waals surface area contributed by atoms with Crippen LogP contribution in [0.15, 0.2) is 0 Å². The topological polar surface area (TPSA) is 15.3 Å². The molecule has 1 rings (SSSR count). The number of nitrogens with one attached hydrogen (secondary N) is 1. The number of hydrogen-bond acceptors (Lipinski definition) is 2. The molecule has 0 radical (unpaired) electrons. The maximum Gasteiger partial charge on any atom is 0.401 e. The van der Waals surface area contributed by atoms with Gasteiger partial charge in [0, 0.05) is 24.7 Å². The molecule has 0 heterocycles. The van der Waals surface area contributed by atoms with Gasteiger partial charge in [0.25, 0.3) is 0 Å². The highest BCUT2D eigenvalue weighted by molar-refractivity contribution is 4.84. The van der Waals surface area contributed by atoms with Gasteiger partial charge < -0.3 is 5.32 Å². The molecule has 16 heavy (non-hydrogen) atoms. The van der Waals surface area contributed by atoms with E-state index in [1.54, 1.807) is 13.8 Å². The average molecular weight is 238 g/mol. The third-order valence-corrected chi connectivity index (χ3v) is 2.87. The Balaban J connectivity index is 2.40. The predicted molar refractivity (Wildman–Crippen MR) is 58.4 cm³/mol. The fourth-order valence-corrected chi connectivity index (χ4v) is 1.80. The van der Waals surface area contributed by atoms with Gasteiger partial charge in [-0.05, 0) is 33.6 Å². The molecule has 96 valence electrons. The van der Waals surface area contributed by atoms with Crippen LogP contribution >= 0.6 is 0 Å². The van der Waals surface area contributed by atoms with E-state index in [9.17, 15) is 13.2 Å². The minimum absolute atomic E-state index is 0.0813. The quantitative estimate of drug-likeness (QED) is 0.764. The van der Waals surface area contributed by atoms with Crippen LogP contribution in [0.1, 0.15) is 33.6 Å². The first kappa shape index (κ1) is 13.8. The highest BCUT2D eigenvalue weighted by atomic mass is 19.4. The second-order valence-corrected chi connectivity index (χ2v) is 4.91. The first-order valence-electron chi connectivity index (χ1n) is 5.85. The lowest BCUT2D eigenvalue weighted by molar-refractivity contribution is -0.154. The summed E-state index contributed by atoms with van der Waals surface area (Å²) in [6.07, 6.45) is -1.79. The molecule has 0 amide bonds. The lowest BCUT2D eigenvalue weighted by Gasteiger charge is -2.33. The Morgan fingerprint density at radius 3 is 2.19 bits per heavy atom. The predicted octanol–water partition coefficient (Wildman–Crippen LogP) is 2.40. The van der Waals surface area contributed by atoms with Gasteiger partial charge >= 0.3 is 6.18 Å². The van der Waals surface area contributed by atoms with Crippen molar-refractivity contribution in [3.63, 3.8) is 0 Å². The van der Waals surface area contributed by atoms with Crippen LogP contribution in [-0.4, -0.2) is 42.3 Å². The van der Waals surface area contributed by atoms with Gasteiger partial charge in [-0.1, -0.05) is 0 Å². The molecule has 1 saturated carbocycles. The lowest BCUT2D eigenvalue weighted by atomic mass is 10.2. The van der Waals surface area contributed by atoms with Crippen LogP contribution in [-0.2, 0) is 0 Å². The SMILES string of the molecule is CC(C)N(CC(F)(F)F)C(C)CNC1CC1. The molecule has 1 atom stereocenters. The van der Waals surface area contributed by atoms with Crippen LogP contribution in [0.3, 0.4) is 0 Å². The number of alkyl halides is 3. The van der Waals surface area contributed by atoms with E-state index in [1.165, 1.54) is 4.90 Å². The third-order valence-electron chi connectivity index (χ3n) is 2.87. The summed E-state index contributed by atoms with van der Waals surface area (Å²) in [5, 5.41) is 3.27. The first-order chi connectivity index (χ1) is 7.29. The fourth-order valence-electron chi connectivity index (χ4n) is 1.80. The van der Waals surface area contributed by atoms with Crippen molar-refractivity contribution < 1.29 is 13.2 Å². The van der Waals surface area contributed by atoms with Crippen molar-refractivity contribution in [2.24, 2.45) is 0 Å². The van der Waals surface area contributed by atoms with Gasteiger partial charge in [0.15, 0.2) is 0 Å².